The fraction of sp³-hybridized carbons (Fsp3) is 0.435. The second-order valence-electron chi connectivity index (χ2n) is 7.25. The molecule has 2 N–H and O–H groups in total. The highest BCUT2D eigenvalue weighted by molar-refractivity contribution is 5.41. The van der Waals surface area contributed by atoms with E-state index in [1.54, 1.807) is 0 Å². The van der Waals surface area contributed by atoms with E-state index in [0.717, 1.165) is 16.9 Å². The average molecular weight is 370 g/mol. The van der Waals surface area contributed by atoms with Crippen molar-refractivity contribution in [2.45, 2.75) is 51.2 Å². The van der Waals surface area contributed by atoms with Gasteiger partial charge in [0.25, 0.3) is 0 Å². The number of aliphatic hydroxyl groups is 2. The standard InChI is InChI=1S/C23H30O4/c1-5-19(24)15-26-21-11-7-17(8-12-21)23(3,4)18-9-13-22(14-10-18)27-16-20(25)6-2/h1,7-14,19-20,24-25H,5-6,15-16H2,2-4H3. The summed E-state index contributed by atoms with van der Waals surface area (Å²) in [6.45, 7) is 12.1. The number of ether oxygens (including phenoxy) is 2. The molecule has 0 saturated carbocycles. The maximum Gasteiger partial charge on any atom is 0.119 e. The summed E-state index contributed by atoms with van der Waals surface area (Å²) in [7, 11) is 0. The van der Waals surface area contributed by atoms with Crippen molar-refractivity contribution in [1.29, 1.82) is 0 Å². The largest absolute Gasteiger partial charge is 0.491 e. The lowest BCUT2D eigenvalue weighted by Crippen LogP contribution is -2.19. The molecule has 0 aromatic heterocycles. The predicted molar refractivity (Wildman–Crippen MR) is 107 cm³/mol. The van der Waals surface area contributed by atoms with E-state index in [0.29, 0.717) is 18.8 Å². The van der Waals surface area contributed by atoms with Gasteiger partial charge in [-0.2, -0.15) is 0 Å². The van der Waals surface area contributed by atoms with Gasteiger partial charge in [0.2, 0.25) is 0 Å². The molecule has 2 aromatic rings. The fourth-order valence-corrected chi connectivity index (χ4v) is 2.67. The molecule has 2 rings (SSSR count). The molecular weight excluding hydrogens is 340 g/mol. The van der Waals surface area contributed by atoms with Crippen LogP contribution < -0.4 is 9.47 Å². The highest BCUT2D eigenvalue weighted by Crippen LogP contribution is 2.33. The summed E-state index contributed by atoms with van der Waals surface area (Å²) in [5, 5.41) is 19.1. The molecule has 2 radical (unpaired) electrons. The van der Waals surface area contributed by atoms with E-state index in [1.165, 1.54) is 0 Å². The first-order chi connectivity index (χ1) is 12.9. The van der Waals surface area contributed by atoms with Crippen molar-refractivity contribution in [3.8, 4) is 11.5 Å². The van der Waals surface area contributed by atoms with Crippen LogP contribution in [-0.2, 0) is 5.41 Å². The molecule has 0 aliphatic rings. The second-order valence-corrected chi connectivity index (χ2v) is 7.25. The lowest BCUT2D eigenvalue weighted by Gasteiger charge is -2.26. The molecule has 0 aliphatic heterocycles. The molecule has 0 spiro atoms. The molecule has 0 fully saturated rings. The minimum atomic E-state index is -0.653. The Hall–Kier alpha value is -2.04. The highest BCUT2D eigenvalue weighted by Gasteiger charge is 2.23. The quantitative estimate of drug-likeness (QED) is 0.664. The number of benzene rings is 2. The summed E-state index contributed by atoms with van der Waals surface area (Å²) < 4.78 is 11.1. The Morgan fingerprint density at radius 3 is 1.59 bits per heavy atom. The molecule has 146 valence electrons. The SMILES string of the molecule is [CH]CC(O)COc1ccc(C(C)(C)c2ccc(OCC(O)CC)cc2)cc1. The van der Waals surface area contributed by atoms with Crippen LogP contribution in [0.15, 0.2) is 48.5 Å². The molecule has 0 aliphatic carbocycles. The topological polar surface area (TPSA) is 58.9 Å². The molecule has 0 amide bonds. The zero-order valence-corrected chi connectivity index (χ0v) is 16.4. The Kier molecular flexibility index (Phi) is 7.69. The molecule has 0 saturated heterocycles. The van der Waals surface area contributed by atoms with Crippen LogP contribution in [0.5, 0.6) is 11.5 Å². The summed E-state index contributed by atoms with van der Waals surface area (Å²) in [5.74, 6) is 1.46. The van der Waals surface area contributed by atoms with Crippen molar-refractivity contribution in [2.75, 3.05) is 13.2 Å². The van der Waals surface area contributed by atoms with Crippen molar-refractivity contribution in [3.63, 3.8) is 0 Å². The van der Waals surface area contributed by atoms with Crippen molar-refractivity contribution in [2.24, 2.45) is 0 Å². The van der Waals surface area contributed by atoms with Crippen LogP contribution in [0.25, 0.3) is 0 Å². The minimum Gasteiger partial charge on any atom is -0.491 e. The van der Waals surface area contributed by atoms with Gasteiger partial charge in [0.15, 0.2) is 0 Å². The third kappa shape index (κ3) is 5.98. The van der Waals surface area contributed by atoms with Crippen LogP contribution in [0, 0.1) is 6.92 Å². The van der Waals surface area contributed by atoms with Gasteiger partial charge >= 0.3 is 0 Å². The maximum atomic E-state index is 9.60. The van der Waals surface area contributed by atoms with Gasteiger partial charge in [-0.15, -0.1) is 0 Å². The fourth-order valence-electron chi connectivity index (χ4n) is 2.67. The lowest BCUT2D eigenvalue weighted by atomic mass is 9.78. The zero-order valence-electron chi connectivity index (χ0n) is 16.4. The molecule has 0 bridgehead atoms. The predicted octanol–water partition coefficient (Wildman–Crippen LogP) is 4.00. The summed E-state index contributed by atoms with van der Waals surface area (Å²) in [6, 6.07) is 15.9. The van der Waals surface area contributed by atoms with Crippen LogP contribution >= 0.6 is 0 Å². The summed E-state index contributed by atoms with van der Waals surface area (Å²) in [5.41, 5.74) is 2.14. The first-order valence-electron chi connectivity index (χ1n) is 9.39. The Labute approximate surface area is 162 Å². The number of hydrogen-bond donors (Lipinski definition) is 2. The van der Waals surface area contributed by atoms with E-state index >= 15 is 0 Å². The third-order valence-electron chi connectivity index (χ3n) is 4.78. The van der Waals surface area contributed by atoms with Crippen LogP contribution in [0.3, 0.4) is 0 Å². The molecule has 4 heteroatoms. The number of rotatable bonds is 10. The molecule has 27 heavy (non-hydrogen) atoms. The van der Waals surface area contributed by atoms with Gasteiger partial charge in [0.05, 0.1) is 12.2 Å². The summed E-state index contributed by atoms with van der Waals surface area (Å²) >= 11 is 0. The molecular formula is C23H30O4. The van der Waals surface area contributed by atoms with Gasteiger partial charge in [-0.3, -0.25) is 0 Å². The van der Waals surface area contributed by atoms with Gasteiger partial charge in [0.1, 0.15) is 24.7 Å². The Morgan fingerprint density at radius 1 is 0.815 bits per heavy atom. The van der Waals surface area contributed by atoms with Crippen LogP contribution in [-0.4, -0.2) is 35.6 Å². The molecule has 2 aromatic carbocycles. The van der Waals surface area contributed by atoms with Gasteiger partial charge in [-0.25, -0.2) is 0 Å². The Bertz CT molecular complexity index is 617. The normalized spacial score (nSPS) is 13.9. The first-order valence-corrected chi connectivity index (χ1v) is 9.39. The minimum absolute atomic E-state index is 0.183. The molecule has 4 nitrogen and oxygen atoms in total. The molecule has 2 unspecified atom stereocenters. The van der Waals surface area contributed by atoms with Crippen LogP contribution in [0.2, 0.25) is 0 Å². The van der Waals surface area contributed by atoms with E-state index in [-0.39, 0.29) is 18.4 Å². The smallest absolute Gasteiger partial charge is 0.119 e. The van der Waals surface area contributed by atoms with Crippen molar-refractivity contribution >= 4 is 0 Å². The first kappa shape index (κ1) is 21.3. The summed E-state index contributed by atoms with van der Waals surface area (Å²) in [4.78, 5) is 0. The van der Waals surface area contributed by atoms with Gasteiger partial charge in [-0.1, -0.05) is 45.0 Å². The summed E-state index contributed by atoms with van der Waals surface area (Å²) in [6.07, 6.45) is -0.230. The van der Waals surface area contributed by atoms with Crippen molar-refractivity contribution in [1.82, 2.24) is 0 Å². The maximum absolute atomic E-state index is 9.60. The van der Waals surface area contributed by atoms with Gasteiger partial charge in [0, 0.05) is 5.41 Å². The number of aliphatic hydroxyl groups excluding tert-OH is 2. The van der Waals surface area contributed by atoms with E-state index in [9.17, 15) is 10.2 Å². The number of hydrogen-bond acceptors (Lipinski definition) is 4. The lowest BCUT2D eigenvalue weighted by molar-refractivity contribution is 0.104. The monoisotopic (exact) mass is 370 g/mol. The second kappa shape index (κ2) is 9.77. The zero-order chi connectivity index (χ0) is 19.9. The van der Waals surface area contributed by atoms with E-state index in [4.69, 9.17) is 16.4 Å². The molecule has 2 atom stereocenters. The van der Waals surface area contributed by atoms with Crippen molar-refractivity contribution < 1.29 is 19.7 Å². The van der Waals surface area contributed by atoms with Gasteiger partial charge < -0.3 is 19.7 Å². The third-order valence-corrected chi connectivity index (χ3v) is 4.78. The van der Waals surface area contributed by atoms with Crippen molar-refractivity contribution in [3.05, 3.63) is 66.6 Å². The Balaban J connectivity index is 2.04. The van der Waals surface area contributed by atoms with Crippen LogP contribution in [0.4, 0.5) is 0 Å². The molecule has 0 heterocycles. The van der Waals surface area contributed by atoms with Gasteiger partial charge in [-0.05, 0) is 55.2 Å². The van der Waals surface area contributed by atoms with E-state index in [2.05, 4.69) is 26.0 Å². The van der Waals surface area contributed by atoms with Crippen LogP contribution in [0.1, 0.15) is 44.7 Å². The average Bonchev–Trinajstić information content (AvgIpc) is 2.70. The van der Waals surface area contributed by atoms with E-state index < -0.39 is 12.2 Å². The Morgan fingerprint density at radius 2 is 1.22 bits per heavy atom. The van der Waals surface area contributed by atoms with E-state index in [1.807, 2.05) is 43.3 Å². The highest BCUT2D eigenvalue weighted by atomic mass is 16.5.